The van der Waals surface area contributed by atoms with Crippen LogP contribution in [-0.4, -0.2) is 101 Å². The zero-order valence-corrected chi connectivity index (χ0v) is 19.7. The summed E-state index contributed by atoms with van der Waals surface area (Å²) in [6.07, 6.45) is 0.597. The minimum Gasteiger partial charge on any atom is -0.359 e. The predicted molar refractivity (Wildman–Crippen MR) is 121 cm³/mol. The lowest BCUT2D eigenvalue weighted by atomic mass is 10.3. The Balaban J connectivity index is 3.77. The molecule has 0 aliphatic rings. The number of hydrogen-bond donors (Lipinski definition) is 6. The quantitative estimate of drug-likeness (QED) is 0.129. The summed E-state index contributed by atoms with van der Waals surface area (Å²) in [6, 6.07) is 0. The summed E-state index contributed by atoms with van der Waals surface area (Å²) in [5, 5.41) is 15.4. The fourth-order valence-electron chi connectivity index (χ4n) is 2.45. The summed E-state index contributed by atoms with van der Waals surface area (Å²) >= 11 is 0. The molecule has 6 N–H and O–H groups in total. The van der Waals surface area contributed by atoms with Crippen molar-refractivity contribution in [2.45, 2.75) is 32.1 Å². The van der Waals surface area contributed by atoms with Crippen LogP contribution in [0.4, 0.5) is 0 Å². The van der Waals surface area contributed by atoms with Gasteiger partial charge in [0.2, 0.25) is 35.4 Å². The van der Waals surface area contributed by atoms with Crippen molar-refractivity contribution < 1.29 is 28.8 Å². The van der Waals surface area contributed by atoms with Crippen molar-refractivity contribution in [3.8, 4) is 0 Å². The van der Waals surface area contributed by atoms with Gasteiger partial charge in [0.25, 0.3) is 0 Å². The first-order valence-corrected chi connectivity index (χ1v) is 10.8. The van der Waals surface area contributed by atoms with Gasteiger partial charge in [0.1, 0.15) is 0 Å². The van der Waals surface area contributed by atoms with Crippen molar-refractivity contribution in [2.75, 3.05) is 60.4 Å². The monoisotopic (exact) mass is 471 g/mol. The Morgan fingerprint density at radius 1 is 0.515 bits per heavy atom. The lowest BCUT2D eigenvalue weighted by molar-refractivity contribution is -0.126. The number of carbonyl (C=O) groups is 6. The van der Waals surface area contributed by atoms with Crippen LogP contribution in [0, 0.1) is 0 Å². The molecule has 0 aromatic rings. The van der Waals surface area contributed by atoms with Crippen LogP contribution in [0.2, 0.25) is 0 Å². The lowest BCUT2D eigenvalue weighted by Crippen LogP contribution is -2.40. The maximum atomic E-state index is 11.9. The first-order chi connectivity index (χ1) is 15.7. The Morgan fingerprint density at radius 3 is 1.39 bits per heavy atom. The predicted octanol–water partition coefficient (Wildman–Crippen LogP) is -3.17. The van der Waals surface area contributed by atoms with E-state index in [1.54, 1.807) is 11.9 Å². The summed E-state index contributed by atoms with van der Waals surface area (Å²) in [4.78, 5) is 70.7. The number of likely N-dealkylation sites (N-methyl/N-ethyl adjacent to an activating group) is 1. The third-order valence-electron chi connectivity index (χ3n) is 4.39. The molecule has 13 heteroatoms. The summed E-state index contributed by atoms with van der Waals surface area (Å²) in [6.45, 7) is 1.45. The van der Waals surface area contributed by atoms with Gasteiger partial charge in [0, 0.05) is 78.9 Å². The average Bonchev–Trinajstić information content (AvgIpc) is 2.77. The molecule has 0 rings (SSSR count). The van der Waals surface area contributed by atoms with E-state index in [1.165, 1.54) is 14.1 Å². The third kappa shape index (κ3) is 18.1. The number of nitrogens with one attached hydrogen (secondary N) is 6. The first-order valence-electron chi connectivity index (χ1n) is 10.8. The van der Waals surface area contributed by atoms with Crippen LogP contribution >= 0.6 is 0 Å². The Morgan fingerprint density at radius 2 is 0.879 bits per heavy atom. The van der Waals surface area contributed by atoms with E-state index >= 15 is 0 Å². The second kappa shape index (κ2) is 18.4. The van der Waals surface area contributed by atoms with Gasteiger partial charge in [-0.1, -0.05) is 0 Å². The highest BCUT2D eigenvalue weighted by atomic mass is 16.2. The molecule has 0 bridgehead atoms. The maximum absolute atomic E-state index is 11.9. The van der Waals surface area contributed by atoms with Crippen molar-refractivity contribution >= 4 is 35.4 Å². The van der Waals surface area contributed by atoms with Crippen LogP contribution in [-0.2, 0) is 28.8 Å². The summed E-state index contributed by atoms with van der Waals surface area (Å²) in [5.41, 5.74) is 0. The normalized spacial score (nSPS) is 10.2. The standard InChI is InChI=1S/C20H37N7O6/c1-21-15(28)4-5-17(30)26-12-13-27(3)14-20(33)25-11-8-19(32)24-10-7-18(31)23-9-6-16(29)22-2/h4-14H2,1-3H3,(H,21,28)(H,22,29)(H,23,31)(H,24,32)(H,25,33)(H,26,30). The molecule has 0 aliphatic carbocycles. The molecule has 0 atom stereocenters. The van der Waals surface area contributed by atoms with E-state index < -0.39 is 0 Å². The summed E-state index contributed by atoms with van der Waals surface area (Å²) in [7, 11) is 4.75. The van der Waals surface area contributed by atoms with Gasteiger partial charge in [-0.3, -0.25) is 33.7 Å². The molecule has 0 fully saturated rings. The molecule has 0 saturated carbocycles. The molecule has 188 valence electrons. The highest BCUT2D eigenvalue weighted by Crippen LogP contribution is 1.89. The number of nitrogens with zero attached hydrogens (tertiary/aromatic N) is 1. The Kier molecular flexibility index (Phi) is 16.6. The average molecular weight is 472 g/mol. The smallest absolute Gasteiger partial charge is 0.234 e. The number of amides is 6. The maximum Gasteiger partial charge on any atom is 0.234 e. The van der Waals surface area contributed by atoms with E-state index in [4.69, 9.17) is 0 Å². The zero-order valence-electron chi connectivity index (χ0n) is 19.7. The van der Waals surface area contributed by atoms with Crippen LogP contribution < -0.4 is 31.9 Å². The molecule has 0 heterocycles. The summed E-state index contributed by atoms with van der Waals surface area (Å²) in [5.74, 6) is -1.42. The molecular weight excluding hydrogens is 434 g/mol. The molecule has 13 nitrogen and oxygen atoms in total. The van der Waals surface area contributed by atoms with Crippen LogP contribution in [0.1, 0.15) is 32.1 Å². The molecule has 0 aliphatic heterocycles. The molecular formula is C20H37N7O6. The van der Waals surface area contributed by atoms with Crippen molar-refractivity contribution in [1.29, 1.82) is 0 Å². The van der Waals surface area contributed by atoms with Crippen LogP contribution in [0.3, 0.4) is 0 Å². The van der Waals surface area contributed by atoms with Crippen molar-refractivity contribution in [3.63, 3.8) is 0 Å². The van der Waals surface area contributed by atoms with Gasteiger partial charge in [-0.2, -0.15) is 0 Å². The van der Waals surface area contributed by atoms with Crippen LogP contribution in [0.25, 0.3) is 0 Å². The Bertz CT molecular complexity index is 671. The minimum atomic E-state index is -0.290. The molecule has 0 spiro atoms. The van der Waals surface area contributed by atoms with E-state index in [9.17, 15) is 28.8 Å². The molecule has 0 unspecified atom stereocenters. The fraction of sp³-hybridized carbons (Fsp3) is 0.700. The highest BCUT2D eigenvalue weighted by Gasteiger charge is 2.10. The molecule has 33 heavy (non-hydrogen) atoms. The first kappa shape index (κ1) is 29.8. The van der Waals surface area contributed by atoms with E-state index in [1.807, 2.05) is 0 Å². The van der Waals surface area contributed by atoms with E-state index in [2.05, 4.69) is 31.9 Å². The van der Waals surface area contributed by atoms with Crippen molar-refractivity contribution in [1.82, 2.24) is 36.8 Å². The van der Waals surface area contributed by atoms with Gasteiger partial charge in [-0.25, -0.2) is 0 Å². The number of hydrogen-bond acceptors (Lipinski definition) is 7. The molecule has 0 saturated heterocycles. The van der Waals surface area contributed by atoms with Crippen molar-refractivity contribution in [2.24, 2.45) is 0 Å². The van der Waals surface area contributed by atoms with Gasteiger partial charge in [-0.15, -0.1) is 0 Å². The fourth-order valence-corrected chi connectivity index (χ4v) is 2.45. The van der Waals surface area contributed by atoms with Gasteiger partial charge >= 0.3 is 0 Å². The van der Waals surface area contributed by atoms with Gasteiger partial charge in [0.05, 0.1) is 6.54 Å². The van der Waals surface area contributed by atoms with E-state index in [0.29, 0.717) is 13.1 Å². The molecule has 6 amide bonds. The van der Waals surface area contributed by atoms with Gasteiger partial charge < -0.3 is 31.9 Å². The number of rotatable bonds is 17. The largest absolute Gasteiger partial charge is 0.359 e. The second-order valence-corrected chi connectivity index (χ2v) is 7.23. The van der Waals surface area contributed by atoms with Crippen LogP contribution in [0.5, 0.6) is 0 Å². The van der Waals surface area contributed by atoms with Crippen LogP contribution in [0.15, 0.2) is 0 Å². The van der Waals surface area contributed by atoms with Gasteiger partial charge in [0.15, 0.2) is 0 Å². The topological polar surface area (TPSA) is 178 Å². The zero-order chi connectivity index (χ0) is 25.1. The molecule has 0 aromatic carbocycles. The second-order valence-electron chi connectivity index (χ2n) is 7.23. The molecule has 0 aromatic heterocycles. The Hall–Kier alpha value is -3.22. The third-order valence-corrected chi connectivity index (χ3v) is 4.39. The number of carbonyl (C=O) groups excluding carboxylic acids is 6. The van der Waals surface area contributed by atoms with E-state index in [-0.39, 0.29) is 93.7 Å². The van der Waals surface area contributed by atoms with Gasteiger partial charge in [-0.05, 0) is 7.05 Å². The lowest BCUT2D eigenvalue weighted by Gasteiger charge is -2.16. The SMILES string of the molecule is CNC(=O)CCNC(=O)CCNC(=O)CCNC(=O)CN(C)CCNC(=O)CCC(=O)NC. The minimum absolute atomic E-state index is 0.0785. The highest BCUT2D eigenvalue weighted by molar-refractivity contribution is 5.83. The van der Waals surface area contributed by atoms with Crippen molar-refractivity contribution in [3.05, 3.63) is 0 Å². The Labute approximate surface area is 194 Å². The summed E-state index contributed by atoms with van der Waals surface area (Å²) < 4.78 is 0. The van der Waals surface area contributed by atoms with E-state index in [0.717, 1.165) is 0 Å². The molecule has 0 radical (unpaired) electrons.